The number of carbonyl (C=O) groups is 1. The topological polar surface area (TPSA) is 73.8 Å². The fourth-order valence-electron chi connectivity index (χ4n) is 0.330. The van der Waals surface area contributed by atoms with E-state index in [2.05, 4.69) is 10.2 Å². The van der Waals surface area contributed by atoms with Crippen molar-refractivity contribution in [2.75, 3.05) is 0 Å². The Morgan fingerprint density at radius 2 is 1.80 bits per heavy atom. The Morgan fingerprint density at radius 1 is 1.40 bits per heavy atom. The third-order valence-electron chi connectivity index (χ3n) is 0.616. The van der Waals surface area contributed by atoms with Gasteiger partial charge in [0.2, 0.25) is 0 Å². The minimum absolute atomic E-state index is 0.671. The van der Waals surface area contributed by atoms with E-state index in [0.717, 1.165) is 4.80 Å². The summed E-state index contributed by atoms with van der Waals surface area (Å²) in [6, 6.07) is -0.671. The second kappa shape index (κ2) is 4.49. The lowest BCUT2D eigenvalue weighted by Crippen LogP contribution is -2.21. The van der Waals surface area contributed by atoms with Crippen LogP contribution in [0.2, 0.25) is 0 Å². The summed E-state index contributed by atoms with van der Waals surface area (Å²) in [5.74, 6) is 0. The molecule has 1 heterocycles. The molecule has 0 atom stereocenters. The SMILES string of the molecule is CC.NC(=O)n1nccn1. The van der Waals surface area contributed by atoms with Crippen LogP contribution in [0.4, 0.5) is 4.79 Å². The first-order chi connectivity index (χ1) is 4.80. The van der Waals surface area contributed by atoms with E-state index in [1.807, 2.05) is 13.8 Å². The molecule has 0 spiro atoms. The zero-order valence-electron chi connectivity index (χ0n) is 5.98. The monoisotopic (exact) mass is 142 g/mol. The third kappa shape index (κ3) is 2.25. The zero-order chi connectivity index (χ0) is 7.98. The number of carbonyl (C=O) groups excluding carboxylic acids is 1. The highest BCUT2D eigenvalue weighted by Gasteiger charge is 1.93. The maximum Gasteiger partial charge on any atom is 0.356 e. The molecule has 0 saturated carbocycles. The summed E-state index contributed by atoms with van der Waals surface area (Å²) in [6.45, 7) is 4.00. The summed E-state index contributed by atoms with van der Waals surface area (Å²) >= 11 is 0. The van der Waals surface area contributed by atoms with Gasteiger partial charge in [-0.25, -0.2) is 4.79 Å². The number of primary amides is 1. The molecule has 1 amide bonds. The molecule has 0 radical (unpaired) electrons. The number of rotatable bonds is 0. The smallest absolute Gasteiger partial charge is 0.348 e. The van der Waals surface area contributed by atoms with E-state index in [4.69, 9.17) is 5.73 Å². The average Bonchev–Trinajstić information content (AvgIpc) is 2.42. The molecule has 1 aromatic rings. The molecule has 0 aliphatic carbocycles. The van der Waals surface area contributed by atoms with Crippen LogP contribution in [0.3, 0.4) is 0 Å². The zero-order valence-corrected chi connectivity index (χ0v) is 5.98. The fraction of sp³-hybridized carbons (Fsp3) is 0.400. The predicted molar refractivity (Wildman–Crippen MR) is 36.4 cm³/mol. The molecule has 0 aliphatic rings. The van der Waals surface area contributed by atoms with Crippen molar-refractivity contribution in [3.8, 4) is 0 Å². The first-order valence-corrected chi connectivity index (χ1v) is 2.97. The van der Waals surface area contributed by atoms with Crippen molar-refractivity contribution in [3.63, 3.8) is 0 Å². The van der Waals surface area contributed by atoms with E-state index in [1.54, 1.807) is 0 Å². The van der Waals surface area contributed by atoms with Crippen molar-refractivity contribution < 1.29 is 4.79 Å². The minimum Gasteiger partial charge on any atom is -0.348 e. The lowest BCUT2D eigenvalue weighted by atomic mass is 11.0. The third-order valence-corrected chi connectivity index (χ3v) is 0.616. The first kappa shape index (κ1) is 8.61. The number of hydrogen-bond acceptors (Lipinski definition) is 3. The normalized spacial score (nSPS) is 7.80. The molecular formula is C5H10N4O. The largest absolute Gasteiger partial charge is 0.356 e. The summed E-state index contributed by atoms with van der Waals surface area (Å²) in [5.41, 5.74) is 4.76. The fourth-order valence-corrected chi connectivity index (χ4v) is 0.330. The van der Waals surface area contributed by atoms with E-state index in [9.17, 15) is 4.79 Å². The Hall–Kier alpha value is -1.39. The Balaban J connectivity index is 0.000000371. The molecule has 0 bridgehead atoms. The number of aromatic nitrogens is 3. The second-order valence-electron chi connectivity index (χ2n) is 1.16. The molecule has 5 heteroatoms. The molecule has 0 saturated heterocycles. The Kier molecular flexibility index (Phi) is 3.86. The van der Waals surface area contributed by atoms with Gasteiger partial charge in [0.1, 0.15) is 0 Å². The number of hydrogen-bond donors (Lipinski definition) is 1. The number of amides is 1. The first-order valence-electron chi connectivity index (χ1n) is 2.97. The molecule has 0 aliphatic heterocycles. The molecular weight excluding hydrogens is 132 g/mol. The van der Waals surface area contributed by atoms with Crippen LogP contribution in [-0.4, -0.2) is 21.0 Å². The standard InChI is InChI=1S/C3H4N4O.C2H6/c4-3(8)7-5-1-2-6-7;1-2/h1-2H,(H2,4,8);1-2H3. The lowest BCUT2D eigenvalue weighted by molar-refractivity contribution is 0.244. The summed E-state index contributed by atoms with van der Waals surface area (Å²) in [6.07, 6.45) is 2.76. The van der Waals surface area contributed by atoms with E-state index in [-0.39, 0.29) is 0 Å². The Labute approximate surface area is 58.8 Å². The molecule has 1 rings (SSSR count). The molecule has 2 N–H and O–H groups in total. The van der Waals surface area contributed by atoms with Gasteiger partial charge >= 0.3 is 6.03 Å². The van der Waals surface area contributed by atoms with Gasteiger partial charge in [0.05, 0.1) is 12.4 Å². The molecule has 5 nitrogen and oxygen atoms in total. The maximum absolute atomic E-state index is 10.1. The van der Waals surface area contributed by atoms with Crippen molar-refractivity contribution in [2.45, 2.75) is 13.8 Å². The molecule has 0 fully saturated rings. The predicted octanol–water partition coefficient (Wildman–Crippen LogP) is 0.231. The van der Waals surface area contributed by atoms with Crippen LogP contribution in [-0.2, 0) is 0 Å². The maximum atomic E-state index is 10.1. The van der Waals surface area contributed by atoms with Gasteiger partial charge in [-0.15, -0.1) is 0 Å². The summed E-state index contributed by atoms with van der Waals surface area (Å²) in [5, 5.41) is 6.89. The van der Waals surface area contributed by atoms with E-state index in [1.165, 1.54) is 12.4 Å². The molecule has 1 aromatic heterocycles. The van der Waals surface area contributed by atoms with Crippen molar-refractivity contribution >= 4 is 6.03 Å². The number of nitrogens with two attached hydrogens (primary N) is 1. The van der Waals surface area contributed by atoms with Gasteiger partial charge in [-0.2, -0.15) is 10.2 Å². The van der Waals surface area contributed by atoms with Crippen molar-refractivity contribution in [3.05, 3.63) is 12.4 Å². The minimum atomic E-state index is -0.671. The van der Waals surface area contributed by atoms with Crippen LogP contribution in [0.5, 0.6) is 0 Å². The Morgan fingerprint density at radius 3 is 2.00 bits per heavy atom. The average molecular weight is 142 g/mol. The molecule has 56 valence electrons. The van der Waals surface area contributed by atoms with Crippen molar-refractivity contribution in [1.82, 2.24) is 15.0 Å². The van der Waals surface area contributed by atoms with E-state index in [0.29, 0.717) is 0 Å². The number of nitrogens with zero attached hydrogens (tertiary/aromatic N) is 3. The highest BCUT2D eigenvalue weighted by Crippen LogP contribution is 1.71. The van der Waals surface area contributed by atoms with Gasteiger partial charge in [-0.05, 0) is 0 Å². The summed E-state index contributed by atoms with van der Waals surface area (Å²) in [7, 11) is 0. The van der Waals surface area contributed by atoms with E-state index >= 15 is 0 Å². The van der Waals surface area contributed by atoms with Crippen LogP contribution in [0.25, 0.3) is 0 Å². The Bertz CT molecular complexity index is 182. The second-order valence-corrected chi connectivity index (χ2v) is 1.16. The highest BCUT2D eigenvalue weighted by atomic mass is 16.2. The van der Waals surface area contributed by atoms with Crippen LogP contribution in [0.15, 0.2) is 12.4 Å². The summed E-state index contributed by atoms with van der Waals surface area (Å²) in [4.78, 5) is 10.9. The van der Waals surface area contributed by atoms with Crippen LogP contribution in [0.1, 0.15) is 13.8 Å². The molecule has 0 aromatic carbocycles. The van der Waals surface area contributed by atoms with Gasteiger partial charge in [0, 0.05) is 0 Å². The van der Waals surface area contributed by atoms with Crippen molar-refractivity contribution in [2.24, 2.45) is 5.73 Å². The van der Waals surface area contributed by atoms with Gasteiger partial charge in [-0.3, -0.25) is 0 Å². The van der Waals surface area contributed by atoms with Crippen LogP contribution < -0.4 is 5.73 Å². The highest BCUT2D eigenvalue weighted by molar-refractivity contribution is 5.72. The summed E-state index contributed by atoms with van der Waals surface area (Å²) < 4.78 is 0. The lowest BCUT2D eigenvalue weighted by Gasteiger charge is -1.84. The van der Waals surface area contributed by atoms with Crippen molar-refractivity contribution in [1.29, 1.82) is 0 Å². The van der Waals surface area contributed by atoms with Gasteiger partial charge in [0.15, 0.2) is 0 Å². The van der Waals surface area contributed by atoms with Gasteiger partial charge in [-0.1, -0.05) is 18.6 Å². The van der Waals surface area contributed by atoms with Crippen LogP contribution in [0, 0.1) is 0 Å². The molecule has 10 heavy (non-hydrogen) atoms. The molecule has 0 unspecified atom stereocenters. The van der Waals surface area contributed by atoms with E-state index < -0.39 is 6.03 Å². The van der Waals surface area contributed by atoms with Gasteiger partial charge in [0.25, 0.3) is 0 Å². The van der Waals surface area contributed by atoms with Gasteiger partial charge < -0.3 is 5.73 Å². The quantitative estimate of drug-likeness (QED) is 0.563. The van der Waals surface area contributed by atoms with Crippen LogP contribution >= 0.6 is 0 Å².